The first-order valence-electron chi connectivity index (χ1n) is 6.59. The fraction of sp³-hybridized carbons (Fsp3) is 0.600. The zero-order chi connectivity index (χ0) is 12.4. The smallest absolute Gasteiger partial charge is 0.0317 e. The van der Waals surface area contributed by atoms with Gasteiger partial charge in [0, 0.05) is 15.8 Å². The molecule has 94 valence electrons. The Hall–Kier alpha value is -0.630. The second-order valence-corrected chi connectivity index (χ2v) is 6.87. The van der Waals surface area contributed by atoms with Crippen molar-refractivity contribution in [2.24, 2.45) is 11.8 Å². The van der Waals surface area contributed by atoms with Gasteiger partial charge in [-0.2, -0.15) is 0 Å². The van der Waals surface area contributed by atoms with Gasteiger partial charge in [0.25, 0.3) is 0 Å². The van der Waals surface area contributed by atoms with E-state index < -0.39 is 0 Å². The van der Waals surface area contributed by atoms with Crippen LogP contribution in [0.5, 0.6) is 0 Å². The number of thioether (sulfide) groups is 1. The van der Waals surface area contributed by atoms with Crippen molar-refractivity contribution in [1.82, 2.24) is 0 Å². The molecule has 0 aliphatic heterocycles. The fourth-order valence-electron chi connectivity index (χ4n) is 2.59. The Kier molecular flexibility index (Phi) is 4.03. The Morgan fingerprint density at radius 2 is 1.94 bits per heavy atom. The third-order valence-corrected chi connectivity index (χ3v) is 5.52. The van der Waals surface area contributed by atoms with Gasteiger partial charge in [-0.3, -0.25) is 0 Å². The lowest BCUT2D eigenvalue weighted by Gasteiger charge is -2.31. The number of anilines is 1. The van der Waals surface area contributed by atoms with Crippen LogP contribution < -0.4 is 5.73 Å². The van der Waals surface area contributed by atoms with Crippen LogP contribution >= 0.6 is 11.8 Å². The van der Waals surface area contributed by atoms with Gasteiger partial charge in [-0.1, -0.05) is 13.8 Å². The highest BCUT2D eigenvalue weighted by Gasteiger charge is 2.25. The SMILES string of the molecule is Cc1cc(N)ccc1SC1CCC(C)C(C)C1. The first-order valence-corrected chi connectivity index (χ1v) is 7.47. The molecular weight excluding hydrogens is 226 g/mol. The van der Waals surface area contributed by atoms with Crippen LogP contribution in [0.15, 0.2) is 23.1 Å². The summed E-state index contributed by atoms with van der Waals surface area (Å²) in [5.74, 6) is 1.77. The summed E-state index contributed by atoms with van der Waals surface area (Å²) in [6, 6.07) is 6.28. The van der Waals surface area contributed by atoms with Gasteiger partial charge in [-0.15, -0.1) is 11.8 Å². The molecule has 3 atom stereocenters. The number of nitrogen functional groups attached to an aromatic ring is 1. The molecule has 1 saturated carbocycles. The highest BCUT2D eigenvalue weighted by atomic mass is 32.2. The molecule has 2 rings (SSSR count). The van der Waals surface area contributed by atoms with Gasteiger partial charge in [0.2, 0.25) is 0 Å². The minimum Gasteiger partial charge on any atom is -0.399 e. The summed E-state index contributed by atoms with van der Waals surface area (Å²) < 4.78 is 0. The minimum atomic E-state index is 0.795. The molecule has 0 radical (unpaired) electrons. The highest BCUT2D eigenvalue weighted by Crippen LogP contribution is 2.39. The monoisotopic (exact) mass is 249 g/mol. The van der Waals surface area contributed by atoms with Gasteiger partial charge < -0.3 is 5.73 Å². The molecule has 17 heavy (non-hydrogen) atoms. The predicted octanol–water partition coefficient (Wildman–Crippen LogP) is 4.49. The maximum atomic E-state index is 5.79. The van der Waals surface area contributed by atoms with Crippen LogP contribution in [0.1, 0.15) is 38.7 Å². The maximum absolute atomic E-state index is 5.79. The number of benzene rings is 1. The van der Waals surface area contributed by atoms with E-state index in [9.17, 15) is 0 Å². The van der Waals surface area contributed by atoms with Gasteiger partial charge >= 0.3 is 0 Å². The average Bonchev–Trinajstić information content (AvgIpc) is 2.27. The van der Waals surface area contributed by atoms with Crippen LogP contribution in [-0.2, 0) is 0 Å². The van der Waals surface area contributed by atoms with Crippen molar-refractivity contribution >= 4 is 17.4 Å². The highest BCUT2D eigenvalue weighted by molar-refractivity contribution is 8.00. The molecule has 1 aromatic carbocycles. The predicted molar refractivity (Wildman–Crippen MR) is 77.4 cm³/mol. The molecule has 0 heterocycles. The molecule has 0 amide bonds. The minimum absolute atomic E-state index is 0.795. The number of rotatable bonds is 2. The molecule has 3 unspecified atom stereocenters. The lowest BCUT2D eigenvalue weighted by atomic mass is 9.81. The molecule has 2 heteroatoms. The van der Waals surface area contributed by atoms with E-state index >= 15 is 0 Å². The second-order valence-electron chi connectivity index (χ2n) is 5.53. The zero-order valence-corrected chi connectivity index (χ0v) is 11.9. The van der Waals surface area contributed by atoms with Gasteiger partial charge in [-0.05, 0) is 61.8 Å². The summed E-state index contributed by atoms with van der Waals surface area (Å²) in [5, 5.41) is 0.795. The molecule has 1 nitrogen and oxygen atoms in total. The van der Waals surface area contributed by atoms with Crippen LogP contribution in [0.4, 0.5) is 5.69 Å². The van der Waals surface area contributed by atoms with Crippen LogP contribution in [0, 0.1) is 18.8 Å². The van der Waals surface area contributed by atoms with E-state index in [1.54, 1.807) is 0 Å². The maximum Gasteiger partial charge on any atom is 0.0317 e. The third-order valence-electron chi connectivity index (χ3n) is 4.04. The number of hydrogen-bond acceptors (Lipinski definition) is 2. The van der Waals surface area contributed by atoms with Gasteiger partial charge in [0.05, 0.1) is 0 Å². The Labute approximate surface area is 109 Å². The zero-order valence-electron chi connectivity index (χ0n) is 11.1. The topological polar surface area (TPSA) is 26.0 Å². The first-order chi connectivity index (χ1) is 8.06. The van der Waals surface area contributed by atoms with Crippen molar-refractivity contribution in [1.29, 1.82) is 0 Å². The normalized spacial score (nSPS) is 29.2. The third kappa shape index (κ3) is 3.19. The molecule has 1 fully saturated rings. The largest absolute Gasteiger partial charge is 0.399 e. The van der Waals surface area contributed by atoms with E-state index in [-0.39, 0.29) is 0 Å². The van der Waals surface area contributed by atoms with Crippen LogP contribution in [0.3, 0.4) is 0 Å². The lowest BCUT2D eigenvalue weighted by Crippen LogP contribution is -2.22. The van der Waals surface area contributed by atoms with Crippen LogP contribution in [-0.4, -0.2) is 5.25 Å². The summed E-state index contributed by atoms with van der Waals surface area (Å²) >= 11 is 2.05. The Balaban J connectivity index is 2.01. The van der Waals surface area contributed by atoms with E-state index in [4.69, 9.17) is 5.73 Å². The average molecular weight is 249 g/mol. The summed E-state index contributed by atoms with van der Waals surface area (Å²) in [5.41, 5.74) is 7.98. The molecule has 2 N–H and O–H groups in total. The molecule has 1 aromatic rings. The summed E-state index contributed by atoms with van der Waals surface area (Å²) in [6.07, 6.45) is 4.10. The fourth-order valence-corrected chi connectivity index (χ4v) is 3.99. The summed E-state index contributed by atoms with van der Waals surface area (Å²) in [4.78, 5) is 1.41. The quantitative estimate of drug-likeness (QED) is 0.781. The second kappa shape index (κ2) is 5.34. The molecule has 1 aliphatic carbocycles. The van der Waals surface area contributed by atoms with E-state index in [1.165, 1.54) is 29.7 Å². The molecule has 0 saturated heterocycles. The van der Waals surface area contributed by atoms with E-state index in [0.29, 0.717) is 0 Å². The van der Waals surface area contributed by atoms with Gasteiger partial charge in [-0.25, -0.2) is 0 Å². The van der Waals surface area contributed by atoms with Gasteiger partial charge in [0.15, 0.2) is 0 Å². The van der Waals surface area contributed by atoms with E-state index in [0.717, 1.165) is 22.8 Å². The molecule has 0 aromatic heterocycles. The molecule has 1 aliphatic rings. The van der Waals surface area contributed by atoms with Crippen molar-refractivity contribution in [3.63, 3.8) is 0 Å². The number of aryl methyl sites for hydroxylation is 1. The Morgan fingerprint density at radius 3 is 2.59 bits per heavy atom. The number of nitrogens with two attached hydrogens (primary N) is 1. The van der Waals surface area contributed by atoms with Crippen LogP contribution in [0.2, 0.25) is 0 Å². The Bertz CT molecular complexity index is 389. The summed E-state index contributed by atoms with van der Waals surface area (Å²) in [6.45, 7) is 6.95. The van der Waals surface area contributed by atoms with Gasteiger partial charge in [0.1, 0.15) is 0 Å². The van der Waals surface area contributed by atoms with E-state index in [2.05, 4.69) is 44.7 Å². The lowest BCUT2D eigenvalue weighted by molar-refractivity contribution is 0.283. The van der Waals surface area contributed by atoms with Crippen LogP contribution in [0.25, 0.3) is 0 Å². The van der Waals surface area contributed by atoms with Crippen molar-refractivity contribution in [3.05, 3.63) is 23.8 Å². The Morgan fingerprint density at radius 1 is 1.18 bits per heavy atom. The van der Waals surface area contributed by atoms with Crippen molar-refractivity contribution in [2.75, 3.05) is 5.73 Å². The van der Waals surface area contributed by atoms with Crippen molar-refractivity contribution < 1.29 is 0 Å². The molecular formula is C15H23NS. The summed E-state index contributed by atoms with van der Waals surface area (Å²) in [7, 11) is 0. The first kappa shape index (κ1) is 12.8. The number of hydrogen-bond donors (Lipinski definition) is 1. The standard InChI is InChI=1S/C15H23NS/c1-10-4-6-14(9-11(10)2)17-15-7-5-13(16)8-12(15)3/h5,7-8,10-11,14H,4,6,9,16H2,1-3H3. The van der Waals surface area contributed by atoms with Crippen molar-refractivity contribution in [2.45, 2.75) is 50.2 Å². The van der Waals surface area contributed by atoms with Crippen molar-refractivity contribution in [3.8, 4) is 0 Å². The molecule has 0 bridgehead atoms. The molecule has 0 spiro atoms. The van der Waals surface area contributed by atoms with E-state index in [1.807, 2.05) is 6.07 Å².